The molecule has 3 heteroatoms. The highest BCUT2D eigenvalue weighted by Crippen LogP contribution is 2.29. The summed E-state index contributed by atoms with van der Waals surface area (Å²) in [5, 5.41) is 0. The summed E-state index contributed by atoms with van der Waals surface area (Å²) in [6, 6.07) is 0.178. The van der Waals surface area contributed by atoms with Gasteiger partial charge in [-0.3, -0.25) is 11.3 Å². The summed E-state index contributed by atoms with van der Waals surface area (Å²) < 4.78 is 5.62. The monoisotopic (exact) mass is 222 g/mol. The van der Waals surface area contributed by atoms with Gasteiger partial charge in [-0.25, -0.2) is 0 Å². The molecule has 3 nitrogen and oxygen atoms in total. The van der Waals surface area contributed by atoms with Crippen LogP contribution in [0, 0.1) is 20.8 Å². The second-order valence-corrected chi connectivity index (χ2v) is 4.19. The van der Waals surface area contributed by atoms with E-state index in [0.29, 0.717) is 0 Å². The fourth-order valence-electron chi connectivity index (χ4n) is 2.10. The molecule has 0 aromatic carbocycles. The van der Waals surface area contributed by atoms with Gasteiger partial charge >= 0.3 is 0 Å². The van der Waals surface area contributed by atoms with E-state index < -0.39 is 0 Å². The van der Waals surface area contributed by atoms with Crippen LogP contribution in [0.25, 0.3) is 0 Å². The molecule has 3 N–H and O–H groups in total. The zero-order valence-electron chi connectivity index (χ0n) is 10.5. The van der Waals surface area contributed by atoms with Crippen LogP contribution in [-0.2, 0) is 0 Å². The Kier molecular flexibility index (Phi) is 4.77. The first-order valence-electron chi connectivity index (χ1n) is 5.75. The van der Waals surface area contributed by atoms with E-state index >= 15 is 0 Å². The average molecular weight is 222 g/mol. The van der Waals surface area contributed by atoms with Gasteiger partial charge in [0.25, 0.3) is 0 Å². The molecule has 0 aliphatic carbocycles. The molecule has 0 amide bonds. The number of furan rings is 1. The highest BCUT2D eigenvalue weighted by atomic mass is 16.3. The van der Waals surface area contributed by atoms with Gasteiger partial charge in [0, 0.05) is 11.6 Å². The third-order valence-corrected chi connectivity index (χ3v) is 3.07. The molecule has 16 heavy (non-hydrogen) atoms. The lowest BCUT2D eigenvalue weighted by atomic mass is 9.98. The lowest BCUT2D eigenvalue weighted by molar-refractivity contribution is 0.468. The smallest absolute Gasteiger partial charge is 0.106 e. The van der Waals surface area contributed by atoms with Gasteiger partial charge in [0.2, 0.25) is 0 Å². The van der Waals surface area contributed by atoms with Crippen LogP contribution in [0.2, 0.25) is 0 Å². The molecule has 0 aliphatic rings. The molecule has 0 aliphatic heterocycles. The first-order chi connectivity index (χ1) is 7.61. The molecular formula is C13H22N2O. The molecule has 1 unspecified atom stereocenters. The third kappa shape index (κ3) is 2.74. The Bertz CT molecular complexity index is 355. The highest BCUT2D eigenvalue weighted by molar-refractivity contribution is 5.34. The Morgan fingerprint density at radius 1 is 1.38 bits per heavy atom. The number of allylic oxidation sites excluding steroid dienone is 1. The van der Waals surface area contributed by atoms with Gasteiger partial charge in [-0.1, -0.05) is 6.08 Å². The fraction of sp³-hybridized carbons (Fsp3) is 0.538. The van der Waals surface area contributed by atoms with E-state index in [0.717, 1.165) is 30.8 Å². The summed E-state index contributed by atoms with van der Waals surface area (Å²) in [6.45, 7) is 9.79. The zero-order valence-corrected chi connectivity index (χ0v) is 10.5. The van der Waals surface area contributed by atoms with Gasteiger partial charge in [-0.2, -0.15) is 0 Å². The van der Waals surface area contributed by atoms with E-state index in [1.54, 1.807) is 0 Å². The summed E-state index contributed by atoms with van der Waals surface area (Å²) in [4.78, 5) is 0. The summed E-state index contributed by atoms with van der Waals surface area (Å²) in [5.74, 6) is 7.57. The van der Waals surface area contributed by atoms with Crippen LogP contribution >= 0.6 is 0 Å². The second-order valence-electron chi connectivity index (χ2n) is 4.19. The molecular weight excluding hydrogens is 200 g/mol. The van der Waals surface area contributed by atoms with Crippen molar-refractivity contribution in [1.82, 2.24) is 5.43 Å². The molecule has 90 valence electrons. The van der Waals surface area contributed by atoms with Crippen molar-refractivity contribution in [2.45, 2.75) is 46.1 Å². The van der Waals surface area contributed by atoms with Crippen LogP contribution in [0.15, 0.2) is 17.1 Å². The third-order valence-electron chi connectivity index (χ3n) is 3.07. The van der Waals surface area contributed by atoms with Crippen molar-refractivity contribution in [3.05, 3.63) is 35.3 Å². The molecule has 0 fully saturated rings. The van der Waals surface area contributed by atoms with E-state index in [4.69, 9.17) is 10.3 Å². The maximum atomic E-state index is 5.62. The normalized spacial score (nSPS) is 12.8. The molecule has 0 radical (unpaired) electrons. The molecule has 1 heterocycles. The van der Waals surface area contributed by atoms with Crippen LogP contribution in [0.3, 0.4) is 0 Å². The number of rotatable bonds is 6. The van der Waals surface area contributed by atoms with Crippen molar-refractivity contribution in [1.29, 1.82) is 0 Å². The molecule has 1 atom stereocenters. The van der Waals surface area contributed by atoms with Gasteiger partial charge in [0.05, 0.1) is 0 Å². The van der Waals surface area contributed by atoms with E-state index in [2.05, 4.69) is 18.9 Å². The molecule has 0 spiro atoms. The predicted octanol–water partition coefficient (Wildman–Crippen LogP) is 3.07. The van der Waals surface area contributed by atoms with Crippen molar-refractivity contribution in [3.8, 4) is 0 Å². The lowest BCUT2D eigenvalue weighted by Crippen LogP contribution is -2.28. The first kappa shape index (κ1) is 13.0. The topological polar surface area (TPSA) is 51.2 Å². The van der Waals surface area contributed by atoms with Gasteiger partial charge in [0.15, 0.2) is 0 Å². The molecule has 1 aromatic rings. The predicted molar refractivity (Wildman–Crippen MR) is 67.0 cm³/mol. The molecule has 0 saturated carbocycles. The van der Waals surface area contributed by atoms with Crippen molar-refractivity contribution in [2.75, 3.05) is 0 Å². The number of nitrogens with two attached hydrogens (primary N) is 1. The minimum Gasteiger partial charge on any atom is -0.466 e. The van der Waals surface area contributed by atoms with E-state index in [1.165, 1.54) is 11.1 Å². The van der Waals surface area contributed by atoms with E-state index in [1.807, 2.05) is 19.9 Å². The molecule has 1 rings (SSSR count). The number of aryl methyl sites for hydroxylation is 2. The molecule has 1 aromatic heterocycles. The minimum absolute atomic E-state index is 0.178. The molecule has 0 saturated heterocycles. The first-order valence-corrected chi connectivity index (χ1v) is 5.75. The maximum absolute atomic E-state index is 5.62. The van der Waals surface area contributed by atoms with E-state index in [-0.39, 0.29) is 6.04 Å². The summed E-state index contributed by atoms with van der Waals surface area (Å²) >= 11 is 0. The Morgan fingerprint density at radius 3 is 2.50 bits per heavy atom. The zero-order chi connectivity index (χ0) is 12.1. The Balaban J connectivity index is 2.81. The number of hydrogen-bond donors (Lipinski definition) is 2. The lowest BCUT2D eigenvalue weighted by Gasteiger charge is -2.16. The Labute approximate surface area is 97.7 Å². The number of nitrogens with one attached hydrogen (secondary N) is 1. The average Bonchev–Trinajstić information content (AvgIpc) is 2.50. The van der Waals surface area contributed by atoms with Crippen LogP contribution in [-0.4, -0.2) is 0 Å². The Hall–Kier alpha value is -1.06. The van der Waals surface area contributed by atoms with Gasteiger partial charge in [-0.15, -0.1) is 6.58 Å². The highest BCUT2D eigenvalue weighted by Gasteiger charge is 2.19. The Morgan fingerprint density at radius 2 is 2.06 bits per heavy atom. The quantitative estimate of drug-likeness (QED) is 0.336. The van der Waals surface area contributed by atoms with Crippen molar-refractivity contribution in [2.24, 2.45) is 5.84 Å². The number of unbranched alkanes of at least 4 members (excludes halogenated alkanes) is 1. The van der Waals surface area contributed by atoms with Crippen LogP contribution in [0.4, 0.5) is 0 Å². The largest absolute Gasteiger partial charge is 0.466 e. The van der Waals surface area contributed by atoms with Crippen LogP contribution < -0.4 is 11.3 Å². The van der Waals surface area contributed by atoms with Crippen LogP contribution in [0.5, 0.6) is 0 Å². The van der Waals surface area contributed by atoms with Crippen molar-refractivity contribution < 1.29 is 4.42 Å². The van der Waals surface area contributed by atoms with Gasteiger partial charge in [-0.05, 0) is 45.6 Å². The van der Waals surface area contributed by atoms with Gasteiger partial charge < -0.3 is 4.42 Å². The fourth-order valence-corrected chi connectivity index (χ4v) is 2.10. The minimum atomic E-state index is 0.178. The van der Waals surface area contributed by atoms with E-state index in [9.17, 15) is 0 Å². The summed E-state index contributed by atoms with van der Waals surface area (Å²) in [5.41, 5.74) is 5.30. The standard InChI is InChI=1S/C13H22N2O/c1-5-6-7-8-12(15-14)13-9(2)10(3)16-11(13)4/h5,12,15H,1,6-8,14H2,2-4H3. The van der Waals surface area contributed by atoms with Crippen molar-refractivity contribution >= 4 is 0 Å². The van der Waals surface area contributed by atoms with Gasteiger partial charge in [0.1, 0.15) is 11.5 Å². The summed E-state index contributed by atoms with van der Waals surface area (Å²) in [7, 11) is 0. The maximum Gasteiger partial charge on any atom is 0.106 e. The van der Waals surface area contributed by atoms with Crippen LogP contribution in [0.1, 0.15) is 48.0 Å². The molecule has 0 bridgehead atoms. The number of hydrogen-bond acceptors (Lipinski definition) is 3. The summed E-state index contributed by atoms with van der Waals surface area (Å²) in [6.07, 6.45) is 5.05. The SMILES string of the molecule is C=CCCCC(NN)c1c(C)oc(C)c1C. The second kappa shape index (κ2) is 5.87. The number of hydrazine groups is 1. The van der Waals surface area contributed by atoms with Crippen molar-refractivity contribution in [3.63, 3.8) is 0 Å².